The number of H-pyrrole nitrogens is 1. The summed E-state index contributed by atoms with van der Waals surface area (Å²) in [6.07, 6.45) is 3.23. The third kappa shape index (κ3) is 3.29. The summed E-state index contributed by atoms with van der Waals surface area (Å²) >= 11 is 5.92. The zero-order valence-corrected chi connectivity index (χ0v) is 9.32. The second kappa shape index (κ2) is 6.01. The van der Waals surface area contributed by atoms with Gasteiger partial charge in [-0.25, -0.2) is 4.98 Å². The Hall–Kier alpha value is -0.580. The number of imidazole rings is 1. The van der Waals surface area contributed by atoms with E-state index in [9.17, 15) is 0 Å². The van der Waals surface area contributed by atoms with Crippen LogP contribution in [0.2, 0.25) is 5.15 Å². The molecular formula is C9H16ClN3O. The molecule has 1 aromatic heterocycles. The molecule has 0 aliphatic rings. The average molecular weight is 218 g/mol. The fourth-order valence-electron chi connectivity index (χ4n) is 1.16. The molecule has 14 heavy (non-hydrogen) atoms. The first-order valence-electron chi connectivity index (χ1n) is 4.77. The van der Waals surface area contributed by atoms with Crippen molar-refractivity contribution in [2.75, 3.05) is 7.11 Å². The molecule has 0 fully saturated rings. The lowest BCUT2D eigenvalue weighted by atomic mass is 10.2. The van der Waals surface area contributed by atoms with E-state index in [1.807, 2.05) is 0 Å². The predicted octanol–water partition coefficient (Wildman–Crippen LogP) is 2.06. The van der Waals surface area contributed by atoms with E-state index in [0.717, 1.165) is 30.8 Å². The highest BCUT2D eigenvalue weighted by atomic mass is 35.5. The van der Waals surface area contributed by atoms with E-state index < -0.39 is 0 Å². The van der Waals surface area contributed by atoms with Crippen molar-refractivity contribution in [2.24, 2.45) is 0 Å². The Morgan fingerprint density at radius 1 is 1.57 bits per heavy atom. The van der Waals surface area contributed by atoms with Gasteiger partial charge in [0.15, 0.2) is 5.15 Å². The van der Waals surface area contributed by atoms with E-state index >= 15 is 0 Å². The molecule has 5 heteroatoms. The summed E-state index contributed by atoms with van der Waals surface area (Å²) in [7, 11) is 1.57. The van der Waals surface area contributed by atoms with Gasteiger partial charge in [-0.3, -0.25) is 0 Å². The lowest BCUT2D eigenvalue weighted by Crippen LogP contribution is -2.11. The van der Waals surface area contributed by atoms with Crippen molar-refractivity contribution in [3.63, 3.8) is 0 Å². The molecule has 0 aliphatic carbocycles. The van der Waals surface area contributed by atoms with Crippen molar-refractivity contribution in [1.82, 2.24) is 15.4 Å². The van der Waals surface area contributed by atoms with Crippen LogP contribution in [-0.4, -0.2) is 17.1 Å². The minimum absolute atomic E-state index is 0.528. The standard InChI is InChI=1S/C9H16ClN3O/c1-3-4-5-8-12-7(6-11-14-2)9(10)13-8/h11H,3-6H2,1-2H3,(H,12,13). The zero-order chi connectivity index (χ0) is 10.4. The van der Waals surface area contributed by atoms with Crippen LogP contribution in [-0.2, 0) is 17.8 Å². The molecule has 4 nitrogen and oxygen atoms in total. The van der Waals surface area contributed by atoms with Crippen molar-refractivity contribution in [1.29, 1.82) is 0 Å². The normalized spacial score (nSPS) is 10.8. The molecule has 0 unspecified atom stereocenters. The highest BCUT2D eigenvalue weighted by Gasteiger charge is 2.06. The van der Waals surface area contributed by atoms with E-state index in [0.29, 0.717) is 11.7 Å². The van der Waals surface area contributed by atoms with Crippen LogP contribution in [0, 0.1) is 0 Å². The van der Waals surface area contributed by atoms with Crippen LogP contribution in [0.3, 0.4) is 0 Å². The Morgan fingerprint density at radius 3 is 3.00 bits per heavy atom. The summed E-state index contributed by atoms with van der Waals surface area (Å²) in [5, 5.41) is 0.528. The van der Waals surface area contributed by atoms with Gasteiger partial charge in [0.2, 0.25) is 0 Å². The topological polar surface area (TPSA) is 49.9 Å². The Morgan fingerprint density at radius 2 is 2.36 bits per heavy atom. The molecule has 0 aromatic carbocycles. The van der Waals surface area contributed by atoms with Crippen LogP contribution < -0.4 is 5.48 Å². The van der Waals surface area contributed by atoms with Crippen LogP contribution in [0.25, 0.3) is 0 Å². The molecule has 0 saturated carbocycles. The van der Waals surface area contributed by atoms with Crippen LogP contribution in [0.15, 0.2) is 0 Å². The van der Waals surface area contributed by atoms with Crippen molar-refractivity contribution >= 4 is 11.6 Å². The van der Waals surface area contributed by atoms with Crippen LogP contribution in [0.5, 0.6) is 0 Å². The van der Waals surface area contributed by atoms with Gasteiger partial charge in [0.25, 0.3) is 0 Å². The van der Waals surface area contributed by atoms with E-state index in [1.54, 1.807) is 7.11 Å². The molecule has 1 aromatic rings. The maximum Gasteiger partial charge on any atom is 0.151 e. The fourth-order valence-corrected chi connectivity index (χ4v) is 1.38. The Bertz CT molecular complexity index is 275. The van der Waals surface area contributed by atoms with Gasteiger partial charge in [-0.05, 0) is 6.42 Å². The number of unbranched alkanes of at least 4 members (excludes halogenated alkanes) is 1. The molecule has 0 saturated heterocycles. The average Bonchev–Trinajstić information content (AvgIpc) is 2.53. The van der Waals surface area contributed by atoms with Gasteiger partial charge in [-0.15, -0.1) is 0 Å². The largest absolute Gasteiger partial charge is 0.343 e. The second-order valence-electron chi connectivity index (χ2n) is 3.08. The van der Waals surface area contributed by atoms with Crippen molar-refractivity contribution in [3.05, 3.63) is 16.7 Å². The molecule has 1 rings (SSSR count). The van der Waals surface area contributed by atoms with E-state index in [4.69, 9.17) is 16.4 Å². The van der Waals surface area contributed by atoms with Crippen LogP contribution >= 0.6 is 11.6 Å². The van der Waals surface area contributed by atoms with Crippen LogP contribution in [0.4, 0.5) is 0 Å². The highest BCUT2D eigenvalue weighted by Crippen LogP contribution is 2.13. The Balaban J connectivity index is 2.53. The number of hydrogen-bond donors (Lipinski definition) is 2. The maximum atomic E-state index is 5.92. The predicted molar refractivity (Wildman–Crippen MR) is 56.1 cm³/mol. The molecule has 80 valence electrons. The van der Waals surface area contributed by atoms with Gasteiger partial charge in [0.1, 0.15) is 5.82 Å². The number of nitrogens with zero attached hydrogens (tertiary/aromatic N) is 1. The third-order valence-electron chi connectivity index (χ3n) is 1.94. The van der Waals surface area contributed by atoms with E-state index in [1.165, 1.54) is 0 Å². The lowest BCUT2D eigenvalue weighted by molar-refractivity contribution is 0.0859. The SMILES string of the molecule is CCCCc1nc(Cl)c(CNOC)[nH]1. The van der Waals surface area contributed by atoms with E-state index in [2.05, 4.69) is 22.4 Å². The highest BCUT2D eigenvalue weighted by molar-refractivity contribution is 6.30. The lowest BCUT2D eigenvalue weighted by Gasteiger charge is -1.98. The van der Waals surface area contributed by atoms with Crippen molar-refractivity contribution in [2.45, 2.75) is 32.7 Å². The number of hydrogen-bond acceptors (Lipinski definition) is 3. The summed E-state index contributed by atoms with van der Waals surface area (Å²) in [5.41, 5.74) is 3.59. The number of aryl methyl sites for hydroxylation is 1. The van der Waals surface area contributed by atoms with Gasteiger partial charge < -0.3 is 9.82 Å². The monoisotopic (exact) mass is 217 g/mol. The summed E-state index contributed by atoms with van der Waals surface area (Å²) in [6, 6.07) is 0. The molecule has 2 N–H and O–H groups in total. The molecule has 0 radical (unpaired) electrons. The van der Waals surface area contributed by atoms with Gasteiger partial charge in [0.05, 0.1) is 19.3 Å². The molecule has 1 heterocycles. The number of aromatic amines is 1. The number of nitrogens with one attached hydrogen (secondary N) is 2. The first-order valence-corrected chi connectivity index (χ1v) is 5.14. The smallest absolute Gasteiger partial charge is 0.151 e. The molecular weight excluding hydrogens is 202 g/mol. The first-order chi connectivity index (χ1) is 6.77. The maximum absolute atomic E-state index is 5.92. The molecule has 0 aliphatic heterocycles. The minimum Gasteiger partial charge on any atom is -0.343 e. The minimum atomic E-state index is 0.528. The molecule has 0 amide bonds. The van der Waals surface area contributed by atoms with Crippen LogP contribution in [0.1, 0.15) is 31.3 Å². The molecule has 0 atom stereocenters. The van der Waals surface area contributed by atoms with Gasteiger partial charge in [0, 0.05) is 6.42 Å². The molecule has 0 bridgehead atoms. The second-order valence-corrected chi connectivity index (χ2v) is 3.44. The van der Waals surface area contributed by atoms with Crippen molar-refractivity contribution in [3.8, 4) is 0 Å². The van der Waals surface area contributed by atoms with Gasteiger partial charge in [-0.2, -0.15) is 5.48 Å². The quantitative estimate of drug-likeness (QED) is 0.718. The van der Waals surface area contributed by atoms with E-state index in [-0.39, 0.29) is 0 Å². The van der Waals surface area contributed by atoms with Crippen molar-refractivity contribution < 1.29 is 4.84 Å². The Kier molecular flexibility index (Phi) is 4.93. The zero-order valence-electron chi connectivity index (χ0n) is 8.56. The first kappa shape index (κ1) is 11.5. The summed E-state index contributed by atoms with van der Waals surface area (Å²) in [4.78, 5) is 12.1. The number of aromatic nitrogens is 2. The third-order valence-corrected chi connectivity index (χ3v) is 2.25. The molecule has 0 spiro atoms. The number of hydroxylamine groups is 1. The summed E-state index contributed by atoms with van der Waals surface area (Å²) in [5.74, 6) is 0.949. The van der Waals surface area contributed by atoms with Gasteiger partial charge >= 0.3 is 0 Å². The summed E-state index contributed by atoms with van der Waals surface area (Å²) < 4.78 is 0. The Labute approximate surface area is 89.0 Å². The fraction of sp³-hybridized carbons (Fsp3) is 0.667. The number of rotatable bonds is 6. The van der Waals surface area contributed by atoms with Gasteiger partial charge in [-0.1, -0.05) is 24.9 Å². The summed E-state index contributed by atoms with van der Waals surface area (Å²) in [6.45, 7) is 2.70. The number of halogens is 1.